The van der Waals surface area contributed by atoms with E-state index in [2.05, 4.69) is 65.1 Å². The number of benzene rings is 1. The first-order chi connectivity index (χ1) is 8.63. The summed E-state index contributed by atoms with van der Waals surface area (Å²) in [5, 5.41) is 0. The molecule has 18 heavy (non-hydrogen) atoms. The Bertz CT molecular complexity index is 558. The molecule has 2 heterocycles. The number of thiophene rings is 1. The Hall–Kier alpha value is -0.640. The average Bonchev–Trinajstić information content (AvgIpc) is 2.69. The molecule has 1 aliphatic heterocycles. The largest absolute Gasteiger partial charge is 0.300 e. The summed E-state index contributed by atoms with van der Waals surface area (Å²) < 4.78 is 1.25. The number of hydrogen-bond donors (Lipinski definition) is 0. The molecule has 1 aliphatic rings. The van der Waals surface area contributed by atoms with Crippen molar-refractivity contribution >= 4 is 27.3 Å². The molecular weight excluding hydrogens is 306 g/mol. The zero-order valence-electron chi connectivity index (χ0n) is 10.6. The molecule has 2 aromatic rings. The molecule has 1 atom stereocenters. The Balaban J connectivity index is 2.04. The first kappa shape index (κ1) is 12.4. The Morgan fingerprint density at radius 3 is 2.72 bits per heavy atom. The summed E-state index contributed by atoms with van der Waals surface area (Å²) >= 11 is 5.49. The molecule has 0 N–H and O–H groups in total. The van der Waals surface area contributed by atoms with Gasteiger partial charge in [0.25, 0.3) is 0 Å². The number of halogens is 1. The Labute approximate surface area is 121 Å². The molecule has 0 aliphatic carbocycles. The highest BCUT2D eigenvalue weighted by atomic mass is 79.9. The third-order valence-corrected chi connectivity index (χ3v) is 5.21. The van der Waals surface area contributed by atoms with Gasteiger partial charge < -0.3 is 4.90 Å². The maximum Gasteiger partial charge on any atom is 0.0704 e. The van der Waals surface area contributed by atoms with E-state index in [9.17, 15) is 0 Å². The van der Waals surface area contributed by atoms with Crippen LogP contribution in [0.2, 0.25) is 0 Å². The van der Waals surface area contributed by atoms with Crippen LogP contribution in [-0.2, 0) is 6.54 Å². The molecule has 0 spiro atoms. The van der Waals surface area contributed by atoms with Gasteiger partial charge in [-0.25, -0.2) is 0 Å². The fraction of sp³-hybridized carbons (Fsp3) is 0.333. The van der Waals surface area contributed by atoms with Crippen LogP contribution in [0.15, 0.2) is 34.1 Å². The van der Waals surface area contributed by atoms with E-state index in [1.807, 2.05) is 11.3 Å². The van der Waals surface area contributed by atoms with Gasteiger partial charge in [-0.2, -0.15) is 0 Å². The fourth-order valence-electron chi connectivity index (χ4n) is 2.63. The number of rotatable bonds is 1. The van der Waals surface area contributed by atoms with E-state index >= 15 is 0 Å². The van der Waals surface area contributed by atoms with Crippen molar-refractivity contribution in [3.8, 4) is 0 Å². The predicted molar refractivity (Wildman–Crippen MR) is 81.4 cm³/mol. The molecule has 0 saturated heterocycles. The van der Waals surface area contributed by atoms with E-state index in [-0.39, 0.29) is 0 Å². The standard InChI is InChI=1S/C15H16BrNS/c1-10-3-5-11(6-4-10)13-8-17(2)9-14-12(13)7-15(16)18-14/h3-7,13H,8-9H2,1-2H3/t13-/m0/s1. The normalized spacial score (nSPS) is 19.8. The average molecular weight is 322 g/mol. The van der Waals surface area contributed by atoms with E-state index in [0.717, 1.165) is 13.1 Å². The van der Waals surface area contributed by atoms with Crippen molar-refractivity contribution in [3.05, 3.63) is 55.7 Å². The molecule has 3 rings (SSSR count). The minimum atomic E-state index is 0.516. The van der Waals surface area contributed by atoms with Gasteiger partial charge in [-0.1, -0.05) is 29.8 Å². The van der Waals surface area contributed by atoms with Crippen molar-refractivity contribution in [2.45, 2.75) is 19.4 Å². The molecule has 94 valence electrons. The monoisotopic (exact) mass is 321 g/mol. The van der Waals surface area contributed by atoms with Gasteiger partial charge in [0.2, 0.25) is 0 Å². The molecule has 0 amide bonds. The van der Waals surface area contributed by atoms with Crippen LogP contribution in [0.1, 0.15) is 27.5 Å². The second kappa shape index (κ2) is 4.80. The van der Waals surface area contributed by atoms with Crippen molar-refractivity contribution < 1.29 is 0 Å². The lowest BCUT2D eigenvalue weighted by Crippen LogP contribution is -2.29. The molecule has 0 radical (unpaired) electrons. The molecule has 0 fully saturated rings. The van der Waals surface area contributed by atoms with Crippen LogP contribution in [0.5, 0.6) is 0 Å². The highest BCUT2D eigenvalue weighted by Crippen LogP contribution is 2.39. The molecule has 0 saturated carbocycles. The zero-order valence-corrected chi connectivity index (χ0v) is 13.0. The number of likely N-dealkylation sites (N-methyl/N-ethyl adjacent to an activating group) is 1. The Kier molecular flexibility index (Phi) is 3.31. The van der Waals surface area contributed by atoms with Crippen LogP contribution >= 0.6 is 27.3 Å². The van der Waals surface area contributed by atoms with E-state index in [4.69, 9.17) is 0 Å². The number of aryl methyl sites for hydroxylation is 1. The van der Waals surface area contributed by atoms with Crippen LogP contribution in [0.25, 0.3) is 0 Å². The fourth-order valence-corrected chi connectivity index (χ4v) is 4.49. The molecule has 1 aromatic carbocycles. The highest BCUT2D eigenvalue weighted by molar-refractivity contribution is 9.11. The molecular formula is C15H16BrNS. The van der Waals surface area contributed by atoms with Crippen LogP contribution in [0.3, 0.4) is 0 Å². The second-order valence-electron chi connectivity index (χ2n) is 5.09. The lowest BCUT2D eigenvalue weighted by Gasteiger charge is -2.30. The first-order valence-corrected chi connectivity index (χ1v) is 7.77. The van der Waals surface area contributed by atoms with E-state index < -0.39 is 0 Å². The Morgan fingerprint density at radius 2 is 2.00 bits per heavy atom. The van der Waals surface area contributed by atoms with Crippen molar-refractivity contribution in [3.63, 3.8) is 0 Å². The molecule has 1 nitrogen and oxygen atoms in total. The van der Waals surface area contributed by atoms with Crippen LogP contribution in [0.4, 0.5) is 0 Å². The van der Waals surface area contributed by atoms with Gasteiger partial charge in [0.15, 0.2) is 0 Å². The molecule has 3 heteroatoms. The quantitative estimate of drug-likeness (QED) is 0.752. The van der Waals surface area contributed by atoms with Gasteiger partial charge in [0.1, 0.15) is 0 Å². The van der Waals surface area contributed by atoms with E-state index in [0.29, 0.717) is 5.92 Å². The van der Waals surface area contributed by atoms with Gasteiger partial charge in [-0.3, -0.25) is 0 Å². The van der Waals surface area contributed by atoms with Crippen LogP contribution < -0.4 is 0 Å². The summed E-state index contributed by atoms with van der Waals surface area (Å²) in [5.41, 5.74) is 4.27. The third kappa shape index (κ3) is 2.27. The topological polar surface area (TPSA) is 3.24 Å². The van der Waals surface area contributed by atoms with Crippen LogP contribution in [-0.4, -0.2) is 18.5 Å². The minimum absolute atomic E-state index is 0.516. The van der Waals surface area contributed by atoms with Gasteiger partial charge in [-0.05, 0) is 47.1 Å². The molecule has 0 unspecified atom stereocenters. The second-order valence-corrected chi connectivity index (χ2v) is 7.61. The highest BCUT2D eigenvalue weighted by Gasteiger charge is 2.26. The summed E-state index contributed by atoms with van der Waals surface area (Å²) in [4.78, 5) is 3.91. The summed E-state index contributed by atoms with van der Waals surface area (Å²) in [6.07, 6.45) is 0. The number of fused-ring (bicyclic) bond motifs is 1. The maximum absolute atomic E-state index is 3.62. The van der Waals surface area contributed by atoms with Crippen LogP contribution in [0, 0.1) is 6.92 Å². The van der Waals surface area contributed by atoms with E-state index in [1.54, 1.807) is 0 Å². The van der Waals surface area contributed by atoms with Gasteiger partial charge in [0.05, 0.1) is 3.79 Å². The maximum atomic E-state index is 3.62. The van der Waals surface area contributed by atoms with Crippen molar-refractivity contribution in [1.82, 2.24) is 4.90 Å². The summed E-state index contributed by atoms with van der Waals surface area (Å²) in [6.45, 7) is 4.33. The Morgan fingerprint density at radius 1 is 1.28 bits per heavy atom. The number of hydrogen-bond acceptors (Lipinski definition) is 2. The zero-order chi connectivity index (χ0) is 12.7. The van der Waals surface area contributed by atoms with Crippen molar-refractivity contribution in [1.29, 1.82) is 0 Å². The lowest BCUT2D eigenvalue weighted by molar-refractivity contribution is 0.299. The van der Waals surface area contributed by atoms with Gasteiger partial charge >= 0.3 is 0 Å². The minimum Gasteiger partial charge on any atom is -0.300 e. The summed E-state index contributed by atoms with van der Waals surface area (Å²) in [5.74, 6) is 0.516. The smallest absolute Gasteiger partial charge is 0.0704 e. The van der Waals surface area contributed by atoms with Crippen molar-refractivity contribution in [2.24, 2.45) is 0 Å². The lowest BCUT2D eigenvalue weighted by atomic mass is 9.88. The SMILES string of the molecule is Cc1ccc([C@@H]2CN(C)Cc3sc(Br)cc32)cc1. The molecule has 0 bridgehead atoms. The van der Waals surface area contributed by atoms with E-state index in [1.165, 1.54) is 25.4 Å². The number of nitrogens with zero attached hydrogens (tertiary/aromatic N) is 1. The summed E-state index contributed by atoms with van der Waals surface area (Å²) in [7, 11) is 2.21. The summed E-state index contributed by atoms with van der Waals surface area (Å²) in [6, 6.07) is 11.3. The molecule has 1 aromatic heterocycles. The predicted octanol–water partition coefficient (Wildman–Crippen LogP) is 4.40. The first-order valence-electron chi connectivity index (χ1n) is 6.16. The third-order valence-electron chi connectivity index (χ3n) is 3.57. The van der Waals surface area contributed by atoms with Gasteiger partial charge in [-0.15, -0.1) is 11.3 Å². The van der Waals surface area contributed by atoms with Gasteiger partial charge in [0, 0.05) is 23.9 Å². The van der Waals surface area contributed by atoms with Crippen molar-refractivity contribution in [2.75, 3.05) is 13.6 Å².